The maximum Gasteiger partial charge on any atom is 0.416 e. The van der Waals surface area contributed by atoms with Crippen molar-refractivity contribution < 1.29 is 31.1 Å². The Morgan fingerprint density at radius 1 is 1.37 bits per heavy atom. The van der Waals surface area contributed by atoms with E-state index in [1.165, 1.54) is 17.0 Å². The summed E-state index contributed by atoms with van der Waals surface area (Å²) >= 11 is 1.03. The summed E-state index contributed by atoms with van der Waals surface area (Å²) < 4.78 is 68.0. The number of nitrogens with zero attached hydrogens (tertiary/aromatic N) is 2. The first-order chi connectivity index (χ1) is 12.6. The molecule has 0 saturated carbocycles. The standard InChI is InChI=1S/C16H17F3N2O4S2/c1-2-25-14(22)7-26-15-20-12-8-27(23,24)9-13(12)21(15)11-5-3-4-10(6-11)16(17,18)19/h3-6,12-13H,2,7-9H2,1H3/t12-,13-/m0/s1. The minimum atomic E-state index is -4.52. The number of thioether (sulfide) groups is 1. The van der Waals surface area contributed by atoms with Crippen molar-refractivity contribution in [1.29, 1.82) is 0 Å². The highest BCUT2D eigenvalue weighted by atomic mass is 32.2. The molecule has 0 spiro atoms. The maximum atomic E-state index is 13.1. The molecule has 148 valence electrons. The van der Waals surface area contributed by atoms with Crippen LogP contribution in [0.3, 0.4) is 0 Å². The number of carbonyl (C=O) groups excluding carboxylic acids is 1. The van der Waals surface area contributed by atoms with Gasteiger partial charge in [-0.25, -0.2) is 8.42 Å². The number of hydrogen-bond acceptors (Lipinski definition) is 7. The third-order valence-electron chi connectivity index (χ3n) is 4.18. The van der Waals surface area contributed by atoms with Gasteiger partial charge in [-0.3, -0.25) is 9.79 Å². The van der Waals surface area contributed by atoms with Crippen molar-refractivity contribution in [2.45, 2.75) is 25.2 Å². The molecule has 0 aliphatic carbocycles. The summed E-state index contributed by atoms with van der Waals surface area (Å²) in [6.45, 7) is 1.88. The highest BCUT2D eigenvalue weighted by molar-refractivity contribution is 8.14. The van der Waals surface area contributed by atoms with Crippen molar-refractivity contribution in [3.8, 4) is 0 Å². The molecular weight excluding hydrogens is 405 g/mol. The molecule has 1 saturated heterocycles. The fraction of sp³-hybridized carbons (Fsp3) is 0.500. The molecule has 2 aliphatic rings. The fourth-order valence-electron chi connectivity index (χ4n) is 3.09. The molecule has 2 aliphatic heterocycles. The van der Waals surface area contributed by atoms with Crippen LogP contribution >= 0.6 is 11.8 Å². The quantitative estimate of drug-likeness (QED) is 0.694. The van der Waals surface area contributed by atoms with Crippen LogP contribution in [0.2, 0.25) is 0 Å². The van der Waals surface area contributed by atoms with Gasteiger partial charge >= 0.3 is 12.1 Å². The van der Waals surface area contributed by atoms with Gasteiger partial charge in [-0.05, 0) is 25.1 Å². The van der Waals surface area contributed by atoms with Crippen LogP contribution < -0.4 is 4.90 Å². The van der Waals surface area contributed by atoms with E-state index in [-0.39, 0.29) is 29.6 Å². The topological polar surface area (TPSA) is 76.0 Å². The first kappa shape index (κ1) is 20.0. The Hall–Kier alpha value is -1.75. The van der Waals surface area contributed by atoms with Gasteiger partial charge in [0.2, 0.25) is 0 Å². The zero-order chi connectivity index (χ0) is 19.8. The Bertz CT molecular complexity index is 871. The third-order valence-corrected chi connectivity index (χ3v) is 6.82. The predicted octanol–water partition coefficient (Wildman–Crippen LogP) is 2.34. The van der Waals surface area contributed by atoms with Gasteiger partial charge in [0, 0.05) is 5.69 Å². The molecule has 27 heavy (non-hydrogen) atoms. The van der Waals surface area contributed by atoms with E-state index in [0.717, 1.165) is 23.9 Å². The number of carbonyl (C=O) groups is 1. The largest absolute Gasteiger partial charge is 0.465 e. The smallest absolute Gasteiger partial charge is 0.416 e. The van der Waals surface area contributed by atoms with Gasteiger partial charge in [0.05, 0.1) is 41.5 Å². The summed E-state index contributed by atoms with van der Waals surface area (Å²) in [6, 6.07) is 3.52. The number of amidine groups is 1. The van der Waals surface area contributed by atoms with E-state index < -0.39 is 39.6 Å². The predicted molar refractivity (Wildman–Crippen MR) is 96.7 cm³/mol. The zero-order valence-electron chi connectivity index (χ0n) is 14.3. The molecule has 0 bridgehead atoms. The van der Waals surface area contributed by atoms with Gasteiger partial charge in [-0.15, -0.1) is 0 Å². The lowest BCUT2D eigenvalue weighted by atomic mass is 10.1. The Kier molecular flexibility index (Phi) is 5.44. The van der Waals surface area contributed by atoms with Gasteiger partial charge in [0.25, 0.3) is 0 Å². The van der Waals surface area contributed by atoms with Crippen LogP contribution in [-0.4, -0.2) is 55.5 Å². The van der Waals surface area contributed by atoms with Crippen LogP contribution in [-0.2, 0) is 25.5 Å². The molecule has 0 N–H and O–H groups in total. The Morgan fingerprint density at radius 2 is 2.11 bits per heavy atom. The fourth-order valence-corrected chi connectivity index (χ4v) is 5.86. The van der Waals surface area contributed by atoms with Crippen LogP contribution in [0.4, 0.5) is 18.9 Å². The summed E-state index contributed by atoms with van der Waals surface area (Å²) in [5.74, 6) is -0.884. The number of fused-ring (bicyclic) bond motifs is 1. The second-order valence-electron chi connectivity index (χ2n) is 6.14. The summed E-state index contributed by atoms with van der Waals surface area (Å²) in [6.07, 6.45) is -4.52. The number of alkyl halides is 3. The van der Waals surface area contributed by atoms with Crippen LogP contribution in [0, 0.1) is 0 Å². The second kappa shape index (κ2) is 7.34. The molecule has 0 radical (unpaired) electrons. The highest BCUT2D eigenvalue weighted by Crippen LogP contribution is 2.37. The van der Waals surface area contributed by atoms with Crippen molar-refractivity contribution in [1.82, 2.24) is 0 Å². The minimum Gasteiger partial charge on any atom is -0.465 e. The molecule has 3 rings (SSSR count). The van der Waals surface area contributed by atoms with E-state index in [4.69, 9.17) is 4.74 Å². The zero-order valence-corrected chi connectivity index (χ0v) is 15.9. The SMILES string of the molecule is CCOC(=O)CSC1=N[C@H]2CS(=O)(=O)C[C@@H]2N1c1cccc(C(F)(F)F)c1. The number of anilines is 1. The molecule has 1 fully saturated rings. The molecule has 0 aromatic heterocycles. The molecule has 0 amide bonds. The van der Waals surface area contributed by atoms with Crippen molar-refractivity contribution in [2.24, 2.45) is 4.99 Å². The van der Waals surface area contributed by atoms with E-state index in [1.807, 2.05) is 0 Å². The van der Waals surface area contributed by atoms with Crippen LogP contribution in [0.15, 0.2) is 29.3 Å². The average molecular weight is 422 g/mol. The molecule has 11 heteroatoms. The minimum absolute atomic E-state index is 0.0612. The normalized spacial score (nSPS) is 23.9. The second-order valence-corrected chi connectivity index (χ2v) is 9.23. The number of benzene rings is 1. The molecule has 1 aromatic rings. The molecule has 0 unspecified atom stereocenters. The number of sulfone groups is 1. The molecular formula is C16H17F3N2O4S2. The lowest BCUT2D eigenvalue weighted by Gasteiger charge is -2.27. The van der Waals surface area contributed by atoms with Crippen LogP contribution in [0.5, 0.6) is 0 Å². The molecule has 6 nitrogen and oxygen atoms in total. The average Bonchev–Trinajstić information content (AvgIpc) is 3.03. The van der Waals surface area contributed by atoms with Crippen molar-refractivity contribution in [3.05, 3.63) is 29.8 Å². The van der Waals surface area contributed by atoms with Crippen molar-refractivity contribution >= 4 is 38.4 Å². The first-order valence-corrected chi connectivity index (χ1v) is 10.9. The van der Waals surface area contributed by atoms with Crippen molar-refractivity contribution in [3.63, 3.8) is 0 Å². The van der Waals surface area contributed by atoms with E-state index in [2.05, 4.69) is 4.99 Å². The van der Waals surface area contributed by atoms with Crippen molar-refractivity contribution in [2.75, 3.05) is 28.8 Å². The molecule has 1 aromatic carbocycles. The summed E-state index contributed by atoms with van der Waals surface area (Å²) in [7, 11) is -3.32. The number of rotatable bonds is 4. The summed E-state index contributed by atoms with van der Waals surface area (Å²) in [4.78, 5) is 17.5. The Labute approximate surface area is 158 Å². The van der Waals surface area contributed by atoms with Gasteiger partial charge in [-0.2, -0.15) is 13.2 Å². The molecule has 2 atom stereocenters. The summed E-state index contributed by atoms with van der Waals surface area (Å²) in [5.41, 5.74) is -0.636. The van der Waals surface area contributed by atoms with E-state index in [9.17, 15) is 26.4 Å². The lowest BCUT2D eigenvalue weighted by molar-refractivity contribution is -0.140. The molecule has 2 heterocycles. The van der Waals surface area contributed by atoms with Crippen LogP contribution in [0.1, 0.15) is 12.5 Å². The number of halogens is 3. The number of ether oxygens (including phenoxy) is 1. The number of esters is 1. The van der Waals surface area contributed by atoms with Gasteiger partial charge in [-0.1, -0.05) is 17.8 Å². The highest BCUT2D eigenvalue weighted by Gasteiger charge is 2.47. The van der Waals surface area contributed by atoms with Crippen LogP contribution in [0.25, 0.3) is 0 Å². The Morgan fingerprint density at radius 3 is 2.78 bits per heavy atom. The summed E-state index contributed by atoms with van der Waals surface area (Å²) in [5, 5.41) is 0.326. The Balaban J connectivity index is 1.91. The first-order valence-electron chi connectivity index (χ1n) is 8.14. The monoisotopic (exact) mass is 422 g/mol. The number of hydrogen-bond donors (Lipinski definition) is 0. The van der Waals surface area contributed by atoms with Gasteiger partial charge in [0.1, 0.15) is 0 Å². The third kappa shape index (κ3) is 4.40. The van der Waals surface area contributed by atoms with Gasteiger partial charge < -0.3 is 9.64 Å². The number of aliphatic imine (C=N–C) groups is 1. The van der Waals surface area contributed by atoms with E-state index in [1.54, 1.807) is 6.92 Å². The maximum absolute atomic E-state index is 13.1. The van der Waals surface area contributed by atoms with Gasteiger partial charge in [0.15, 0.2) is 15.0 Å². The van der Waals surface area contributed by atoms with E-state index >= 15 is 0 Å². The van der Waals surface area contributed by atoms with E-state index in [0.29, 0.717) is 5.17 Å². The lowest BCUT2D eigenvalue weighted by Crippen LogP contribution is -2.39.